The van der Waals surface area contributed by atoms with Crippen LogP contribution in [0.25, 0.3) is 0 Å². The quantitative estimate of drug-likeness (QED) is 0.585. The summed E-state index contributed by atoms with van der Waals surface area (Å²) in [6, 6.07) is 6.27. The maximum Gasteiger partial charge on any atom is 0.258 e. The van der Waals surface area contributed by atoms with E-state index < -0.39 is 15.6 Å². The Hall–Kier alpha value is -1.53. The van der Waals surface area contributed by atoms with Gasteiger partial charge in [0.1, 0.15) is 11.8 Å². The smallest absolute Gasteiger partial charge is 0.258 e. The van der Waals surface area contributed by atoms with E-state index in [1.165, 1.54) is 37.8 Å². The lowest BCUT2D eigenvalue weighted by molar-refractivity contribution is -0.125. The molecule has 0 radical (unpaired) electrons. The highest BCUT2D eigenvalue weighted by atomic mass is 32.2. The van der Waals surface area contributed by atoms with Crippen molar-refractivity contribution in [3.05, 3.63) is 23.9 Å². The van der Waals surface area contributed by atoms with Crippen LogP contribution < -0.4 is 4.72 Å². The number of nitrogens with one attached hydrogen (secondary N) is 1. The van der Waals surface area contributed by atoms with Gasteiger partial charge in [-0.15, -0.1) is 0 Å². The number of rotatable bonds is 6. The molecule has 0 aliphatic heterocycles. The summed E-state index contributed by atoms with van der Waals surface area (Å²) in [5, 5.41) is 20.0. The molecule has 36 heavy (non-hydrogen) atoms. The van der Waals surface area contributed by atoms with E-state index in [0.29, 0.717) is 30.3 Å². The highest BCUT2D eigenvalue weighted by Crippen LogP contribution is 2.65. The number of methoxy groups -OCH3 is 1. The van der Waals surface area contributed by atoms with E-state index in [2.05, 4.69) is 16.6 Å². The number of pyridine rings is 1. The maximum absolute atomic E-state index is 13.1. The van der Waals surface area contributed by atoms with Crippen LogP contribution >= 0.6 is 0 Å². The summed E-state index contributed by atoms with van der Waals surface area (Å²) in [6.07, 6.45) is 9.80. The number of fused-ring (bicyclic) bond motifs is 5. The lowest BCUT2D eigenvalue weighted by atomic mass is 9.48. The van der Waals surface area contributed by atoms with Gasteiger partial charge in [0.05, 0.1) is 12.2 Å². The van der Waals surface area contributed by atoms with Crippen molar-refractivity contribution >= 4 is 10.0 Å². The average Bonchev–Trinajstić information content (AvgIpc) is 3.21. The van der Waals surface area contributed by atoms with E-state index in [9.17, 15) is 13.5 Å². The lowest BCUT2D eigenvalue weighted by Crippen LogP contribution is -2.53. The van der Waals surface area contributed by atoms with Crippen LogP contribution in [0.2, 0.25) is 0 Å². The molecule has 4 aliphatic carbocycles. The largest absolute Gasteiger partial charge is 0.387 e. The number of nitriles is 1. The Morgan fingerprint density at radius 1 is 1.17 bits per heavy atom. The third-order valence-corrected chi connectivity index (χ3v) is 12.1. The molecular formula is C28H41N3O4S. The molecule has 1 aromatic rings. The first-order valence-corrected chi connectivity index (χ1v) is 15.2. The SMILES string of the molecule is COC[C@@]1(O)CC[C@H]2[C@H](CC[C@@H]3[C@@H]2CC[C@]2(C)C([C@@H](C)NS(=O)(=O)c4cccc(C#N)n4)CC[C@@H]32)C1. The van der Waals surface area contributed by atoms with Crippen LogP contribution in [0.4, 0.5) is 0 Å². The summed E-state index contributed by atoms with van der Waals surface area (Å²) in [5.74, 6) is 3.67. The van der Waals surface area contributed by atoms with E-state index in [4.69, 9.17) is 10.00 Å². The Bertz CT molecular complexity index is 1120. The number of nitrogens with zero attached hydrogens (tertiary/aromatic N) is 2. The zero-order chi connectivity index (χ0) is 25.7. The second kappa shape index (κ2) is 9.65. The normalized spacial score (nSPS) is 41.0. The zero-order valence-corrected chi connectivity index (χ0v) is 22.6. The molecule has 0 saturated heterocycles. The summed E-state index contributed by atoms with van der Waals surface area (Å²) >= 11 is 0. The monoisotopic (exact) mass is 515 g/mol. The van der Waals surface area contributed by atoms with E-state index >= 15 is 0 Å². The number of aromatic nitrogens is 1. The van der Waals surface area contributed by atoms with Gasteiger partial charge in [-0.3, -0.25) is 0 Å². The number of hydrogen-bond acceptors (Lipinski definition) is 6. The van der Waals surface area contributed by atoms with Crippen molar-refractivity contribution in [1.29, 1.82) is 5.26 Å². The molecular weight excluding hydrogens is 474 g/mol. The Morgan fingerprint density at radius 2 is 1.94 bits per heavy atom. The summed E-state index contributed by atoms with van der Waals surface area (Å²) in [4.78, 5) is 4.02. The van der Waals surface area contributed by atoms with E-state index in [0.717, 1.165) is 38.0 Å². The van der Waals surface area contributed by atoms with Gasteiger partial charge in [-0.05, 0) is 118 Å². The highest BCUT2D eigenvalue weighted by Gasteiger charge is 2.58. The zero-order valence-electron chi connectivity index (χ0n) is 21.8. The van der Waals surface area contributed by atoms with E-state index in [-0.39, 0.29) is 28.1 Å². The van der Waals surface area contributed by atoms with Crippen LogP contribution in [0.1, 0.15) is 77.3 Å². The van der Waals surface area contributed by atoms with Gasteiger partial charge in [0.25, 0.3) is 10.0 Å². The first kappa shape index (κ1) is 26.1. The fraction of sp³-hybridized carbons (Fsp3) is 0.786. The molecule has 7 nitrogen and oxygen atoms in total. The van der Waals surface area contributed by atoms with Crippen molar-refractivity contribution in [2.75, 3.05) is 13.7 Å². The predicted molar refractivity (Wildman–Crippen MR) is 136 cm³/mol. The fourth-order valence-electron chi connectivity index (χ4n) is 9.24. The van der Waals surface area contributed by atoms with E-state index in [1.54, 1.807) is 13.2 Å². The summed E-state index contributed by atoms with van der Waals surface area (Å²) in [6.45, 7) is 4.86. The third-order valence-electron chi connectivity index (χ3n) is 10.6. The van der Waals surface area contributed by atoms with Crippen molar-refractivity contribution in [2.24, 2.45) is 40.9 Å². The second-order valence-corrected chi connectivity index (χ2v) is 14.1. The molecule has 4 fully saturated rings. The van der Waals surface area contributed by atoms with Crippen molar-refractivity contribution in [3.63, 3.8) is 0 Å². The minimum absolute atomic E-state index is 0.0825. The highest BCUT2D eigenvalue weighted by molar-refractivity contribution is 7.89. The molecule has 5 rings (SSSR count). The summed E-state index contributed by atoms with van der Waals surface area (Å²) in [7, 11) is -2.11. The molecule has 0 bridgehead atoms. The Kier molecular flexibility index (Phi) is 6.99. The van der Waals surface area contributed by atoms with Crippen LogP contribution in [-0.4, -0.2) is 43.9 Å². The molecule has 2 N–H and O–H groups in total. The number of hydrogen-bond donors (Lipinski definition) is 2. The fourth-order valence-corrected chi connectivity index (χ4v) is 10.5. The first-order valence-electron chi connectivity index (χ1n) is 13.7. The Morgan fingerprint density at radius 3 is 2.69 bits per heavy atom. The molecule has 9 atom stereocenters. The number of ether oxygens (including phenoxy) is 1. The van der Waals surface area contributed by atoms with Gasteiger partial charge in [0, 0.05) is 13.2 Å². The minimum Gasteiger partial charge on any atom is -0.387 e. The summed E-state index contributed by atoms with van der Waals surface area (Å²) in [5.41, 5.74) is -0.419. The maximum atomic E-state index is 13.1. The molecule has 8 heteroatoms. The van der Waals surface area contributed by atoms with Gasteiger partial charge in [-0.1, -0.05) is 13.0 Å². The van der Waals surface area contributed by atoms with Gasteiger partial charge in [-0.25, -0.2) is 18.1 Å². The molecule has 0 amide bonds. The van der Waals surface area contributed by atoms with Gasteiger partial charge >= 0.3 is 0 Å². The van der Waals surface area contributed by atoms with Gasteiger partial charge < -0.3 is 9.84 Å². The molecule has 198 valence electrons. The third kappa shape index (κ3) is 4.51. The van der Waals surface area contributed by atoms with Crippen molar-refractivity contribution in [3.8, 4) is 6.07 Å². The van der Waals surface area contributed by atoms with Crippen LogP contribution in [0.5, 0.6) is 0 Å². The van der Waals surface area contributed by atoms with Crippen molar-refractivity contribution < 1.29 is 18.3 Å². The van der Waals surface area contributed by atoms with E-state index in [1.807, 2.05) is 13.0 Å². The van der Waals surface area contributed by atoms with Crippen LogP contribution in [0.15, 0.2) is 23.2 Å². The molecule has 0 spiro atoms. The molecule has 1 aromatic heterocycles. The minimum atomic E-state index is -3.80. The molecule has 1 heterocycles. The van der Waals surface area contributed by atoms with Crippen molar-refractivity contribution in [1.82, 2.24) is 9.71 Å². The predicted octanol–water partition coefficient (Wildman–Crippen LogP) is 4.27. The van der Waals surface area contributed by atoms with Crippen LogP contribution in [0.3, 0.4) is 0 Å². The van der Waals surface area contributed by atoms with Crippen molar-refractivity contribution in [2.45, 2.75) is 88.3 Å². The molecule has 0 aromatic carbocycles. The average molecular weight is 516 g/mol. The standard InChI is InChI=1S/C28H41N3O4S/c1-18(31-36(33,34)26-6-4-5-20(16-29)30-26)24-9-10-25-23-8-7-19-15-28(32,17-35-3)14-12-21(19)22(23)11-13-27(24,25)2/h4-6,18-19,21-25,31-32H,7-15,17H2,1-3H3/t18-,19-,21+,22-,23-,24?,25+,27-,28-/m1/s1. The lowest BCUT2D eigenvalue weighted by Gasteiger charge is -2.57. The second-order valence-electron chi connectivity index (χ2n) is 12.4. The first-order chi connectivity index (χ1) is 17.1. The van der Waals surface area contributed by atoms with Crippen LogP contribution in [-0.2, 0) is 14.8 Å². The molecule has 1 unspecified atom stereocenters. The Balaban J connectivity index is 1.29. The van der Waals surface area contributed by atoms with Gasteiger partial charge in [0.15, 0.2) is 5.03 Å². The Labute approximate surface area is 216 Å². The topological polar surface area (TPSA) is 112 Å². The summed E-state index contributed by atoms with van der Waals surface area (Å²) < 4.78 is 34.5. The van der Waals surface area contributed by atoms with Gasteiger partial charge in [-0.2, -0.15) is 5.26 Å². The number of sulfonamides is 1. The number of aliphatic hydroxyl groups is 1. The van der Waals surface area contributed by atoms with Gasteiger partial charge in [0.2, 0.25) is 0 Å². The molecule has 4 saturated carbocycles. The molecule has 4 aliphatic rings. The van der Waals surface area contributed by atoms with Crippen LogP contribution in [0, 0.1) is 52.3 Å².